The Morgan fingerprint density at radius 3 is 2.60 bits per heavy atom. The van der Waals surface area contributed by atoms with Crippen molar-refractivity contribution in [3.05, 3.63) is 84.4 Å². The van der Waals surface area contributed by atoms with Gasteiger partial charge >= 0.3 is 0 Å². The molecule has 0 spiro atoms. The van der Waals surface area contributed by atoms with Crippen molar-refractivity contribution in [2.75, 3.05) is 6.54 Å². The molecule has 1 N–H and O–H groups in total. The number of aromatic nitrogens is 2. The van der Waals surface area contributed by atoms with Crippen LogP contribution in [0.3, 0.4) is 0 Å². The van der Waals surface area contributed by atoms with Gasteiger partial charge in [0.25, 0.3) is 0 Å². The van der Waals surface area contributed by atoms with Crippen LogP contribution in [0, 0.1) is 0 Å². The van der Waals surface area contributed by atoms with Gasteiger partial charge in [-0.05, 0) is 55.0 Å². The quantitative estimate of drug-likeness (QED) is 0.726. The van der Waals surface area contributed by atoms with Crippen molar-refractivity contribution in [1.29, 1.82) is 0 Å². The molecule has 0 amide bonds. The lowest BCUT2D eigenvalue weighted by Crippen LogP contribution is -2.29. The molecule has 0 radical (unpaired) electrons. The average Bonchev–Trinajstić information content (AvgIpc) is 3.27. The monoisotopic (exact) mass is 348 g/mol. The van der Waals surface area contributed by atoms with Crippen molar-refractivity contribution < 1.29 is 0 Å². The minimum Gasteiger partial charge on any atom is -0.352 e. The predicted molar refractivity (Wildman–Crippen MR) is 104 cm³/mol. The lowest BCUT2D eigenvalue weighted by Gasteiger charge is -2.25. The summed E-state index contributed by atoms with van der Waals surface area (Å²) >= 11 is 5.57. The normalized spacial score (nSPS) is 19.9. The standard InChI is InChI=1S/C20H20N4S/c1-2-24-19(18(22-20(24)25)17-10-6-7-12-21-17)15-11-13-23(14-15)16-8-4-3-5-9-16/h3-14,18-19H,2H2,1H3,(H,22,25). The SMILES string of the molecule is CCN1C(=S)NC(c2ccccn2)C1c1ccn(-c2ccccc2)c1. The van der Waals surface area contributed by atoms with Gasteiger partial charge in [0.1, 0.15) is 0 Å². The largest absolute Gasteiger partial charge is 0.352 e. The van der Waals surface area contributed by atoms with Crippen LogP contribution in [0.1, 0.15) is 30.3 Å². The van der Waals surface area contributed by atoms with Gasteiger partial charge in [-0.2, -0.15) is 0 Å². The third kappa shape index (κ3) is 2.91. The van der Waals surface area contributed by atoms with Gasteiger partial charge < -0.3 is 14.8 Å². The first-order valence-corrected chi connectivity index (χ1v) is 8.90. The van der Waals surface area contributed by atoms with Crippen molar-refractivity contribution in [2.24, 2.45) is 0 Å². The molecule has 4 nitrogen and oxygen atoms in total. The van der Waals surface area contributed by atoms with E-state index in [4.69, 9.17) is 12.2 Å². The molecule has 1 aliphatic rings. The lowest BCUT2D eigenvalue weighted by atomic mass is 9.99. The van der Waals surface area contributed by atoms with E-state index in [1.54, 1.807) is 0 Å². The smallest absolute Gasteiger partial charge is 0.170 e. The summed E-state index contributed by atoms with van der Waals surface area (Å²) in [6.07, 6.45) is 6.13. The van der Waals surface area contributed by atoms with E-state index < -0.39 is 0 Å². The third-order valence-electron chi connectivity index (χ3n) is 4.65. The van der Waals surface area contributed by atoms with Crippen LogP contribution in [0.4, 0.5) is 0 Å². The second-order valence-electron chi connectivity index (χ2n) is 6.10. The van der Waals surface area contributed by atoms with Crippen LogP contribution in [-0.2, 0) is 0 Å². The van der Waals surface area contributed by atoms with E-state index in [2.05, 4.69) is 75.5 Å². The van der Waals surface area contributed by atoms with Crippen molar-refractivity contribution in [3.8, 4) is 5.69 Å². The third-order valence-corrected chi connectivity index (χ3v) is 5.00. The molecular formula is C20H20N4S. The molecule has 1 aliphatic heterocycles. The Bertz CT molecular complexity index is 860. The van der Waals surface area contributed by atoms with E-state index in [9.17, 15) is 0 Å². The predicted octanol–water partition coefficient (Wildman–Crippen LogP) is 3.86. The van der Waals surface area contributed by atoms with Crippen molar-refractivity contribution in [2.45, 2.75) is 19.0 Å². The van der Waals surface area contributed by atoms with Gasteiger partial charge in [-0.1, -0.05) is 24.3 Å². The highest BCUT2D eigenvalue weighted by molar-refractivity contribution is 7.80. The maximum absolute atomic E-state index is 5.57. The molecule has 3 heterocycles. The van der Waals surface area contributed by atoms with E-state index >= 15 is 0 Å². The highest BCUT2D eigenvalue weighted by atomic mass is 32.1. The number of rotatable bonds is 4. The first-order chi connectivity index (χ1) is 12.3. The van der Waals surface area contributed by atoms with Gasteiger partial charge in [-0.25, -0.2) is 0 Å². The lowest BCUT2D eigenvalue weighted by molar-refractivity contribution is 0.331. The fourth-order valence-electron chi connectivity index (χ4n) is 3.46. The summed E-state index contributed by atoms with van der Waals surface area (Å²) in [5.41, 5.74) is 3.40. The molecule has 126 valence electrons. The minimum atomic E-state index is 0.0558. The van der Waals surface area contributed by atoms with Gasteiger partial charge in [0.15, 0.2) is 5.11 Å². The molecule has 4 rings (SSSR count). The highest BCUT2D eigenvalue weighted by Gasteiger charge is 2.39. The first-order valence-electron chi connectivity index (χ1n) is 8.49. The Labute approximate surface area is 153 Å². The molecule has 2 atom stereocenters. The molecule has 1 fully saturated rings. The number of para-hydroxylation sites is 1. The number of hydrogen-bond donors (Lipinski definition) is 1. The van der Waals surface area contributed by atoms with Crippen LogP contribution in [0.25, 0.3) is 5.69 Å². The van der Waals surface area contributed by atoms with Crippen LogP contribution < -0.4 is 5.32 Å². The van der Waals surface area contributed by atoms with Gasteiger partial charge in [0.05, 0.1) is 17.8 Å². The van der Waals surface area contributed by atoms with Crippen LogP contribution in [0.15, 0.2) is 73.2 Å². The summed E-state index contributed by atoms with van der Waals surface area (Å²) in [6.45, 7) is 2.99. The molecule has 3 aromatic rings. The minimum absolute atomic E-state index is 0.0558. The molecule has 0 bridgehead atoms. The van der Waals surface area contributed by atoms with E-state index in [-0.39, 0.29) is 12.1 Å². The second kappa shape index (κ2) is 6.69. The van der Waals surface area contributed by atoms with Crippen molar-refractivity contribution in [3.63, 3.8) is 0 Å². The zero-order valence-electron chi connectivity index (χ0n) is 14.0. The number of benzene rings is 1. The van der Waals surface area contributed by atoms with E-state index in [0.29, 0.717) is 0 Å². The van der Waals surface area contributed by atoms with Crippen molar-refractivity contribution in [1.82, 2.24) is 19.8 Å². The van der Waals surface area contributed by atoms with Gasteiger partial charge in [-0.3, -0.25) is 4.98 Å². The number of pyridine rings is 1. The van der Waals surface area contributed by atoms with Gasteiger partial charge in [0, 0.05) is 30.8 Å². The number of likely N-dealkylation sites (N-methyl/N-ethyl adjacent to an activating group) is 1. The molecule has 1 aromatic carbocycles. The highest BCUT2D eigenvalue weighted by Crippen LogP contribution is 2.38. The van der Waals surface area contributed by atoms with E-state index in [0.717, 1.165) is 23.0 Å². The summed E-state index contributed by atoms with van der Waals surface area (Å²) in [6, 6.07) is 18.7. The number of hydrogen-bond acceptors (Lipinski definition) is 2. The molecule has 2 unspecified atom stereocenters. The topological polar surface area (TPSA) is 33.1 Å². The maximum atomic E-state index is 5.57. The van der Waals surface area contributed by atoms with E-state index in [1.165, 1.54) is 5.56 Å². The molecule has 0 aliphatic carbocycles. The van der Waals surface area contributed by atoms with Crippen molar-refractivity contribution >= 4 is 17.3 Å². The fraction of sp³-hybridized carbons (Fsp3) is 0.200. The summed E-state index contributed by atoms with van der Waals surface area (Å²) < 4.78 is 2.15. The van der Waals surface area contributed by atoms with Gasteiger partial charge in [0.2, 0.25) is 0 Å². The number of nitrogens with one attached hydrogen (secondary N) is 1. The van der Waals surface area contributed by atoms with E-state index in [1.807, 2.05) is 24.4 Å². The summed E-state index contributed by atoms with van der Waals surface area (Å²) in [5.74, 6) is 0. The van der Waals surface area contributed by atoms with Crippen LogP contribution in [-0.4, -0.2) is 26.1 Å². The molecule has 2 aromatic heterocycles. The number of nitrogens with zero attached hydrogens (tertiary/aromatic N) is 3. The summed E-state index contributed by atoms with van der Waals surface area (Å²) in [4.78, 5) is 6.78. The van der Waals surface area contributed by atoms with Crippen LogP contribution in [0.2, 0.25) is 0 Å². The Hall–Kier alpha value is -2.66. The molecule has 25 heavy (non-hydrogen) atoms. The zero-order valence-corrected chi connectivity index (χ0v) is 14.9. The molecular weight excluding hydrogens is 328 g/mol. The molecule has 5 heteroatoms. The number of thiocarbonyl (C=S) groups is 1. The summed E-state index contributed by atoms with van der Waals surface area (Å²) in [5, 5.41) is 4.24. The molecule has 1 saturated heterocycles. The maximum Gasteiger partial charge on any atom is 0.170 e. The summed E-state index contributed by atoms with van der Waals surface area (Å²) in [7, 11) is 0. The van der Waals surface area contributed by atoms with Gasteiger partial charge in [-0.15, -0.1) is 0 Å². The Balaban J connectivity index is 1.73. The second-order valence-corrected chi connectivity index (χ2v) is 6.49. The van der Waals surface area contributed by atoms with Crippen LogP contribution >= 0.6 is 12.2 Å². The molecule has 0 saturated carbocycles. The zero-order chi connectivity index (χ0) is 17.2. The average molecular weight is 348 g/mol. The van der Waals surface area contributed by atoms with Crippen LogP contribution in [0.5, 0.6) is 0 Å². The Kier molecular flexibility index (Phi) is 4.24. The fourth-order valence-corrected chi connectivity index (χ4v) is 3.83. The first kappa shape index (κ1) is 15.8. The Morgan fingerprint density at radius 2 is 1.88 bits per heavy atom. The Morgan fingerprint density at radius 1 is 1.08 bits per heavy atom.